The van der Waals surface area contributed by atoms with Gasteiger partial charge in [-0.3, -0.25) is 36.8 Å². The van der Waals surface area contributed by atoms with Gasteiger partial charge >= 0.3 is 0 Å². The predicted octanol–water partition coefficient (Wildman–Crippen LogP) is 10.2. The number of likely N-dealkylation sites (tertiary alicyclic amines) is 1. The van der Waals surface area contributed by atoms with Crippen LogP contribution in [-0.4, -0.2) is 263 Å². The van der Waals surface area contributed by atoms with Crippen LogP contribution in [0.2, 0.25) is 0 Å². The normalized spacial score (nSPS) is 17.3. The van der Waals surface area contributed by atoms with Gasteiger partial charge in [0.2, 0.25) is 0 Å². The van der Waals surface area contributed by atoms with Gasteiger partial charge in [-0.2, -0.15) is 20.4 Å². The first-order chi connectivity index (χ1) is 58.7. The summed E-state index contributed by atoms with van der Waals surface area (Å²) in [6.45, 7) is 14.0. The predicted molar refractivity (Wildman–Crippen MR) is 468 cm³/mol. The molecule has 3 saturated carbocycles. The van der Waals surface area contributed by atoms with Crippen LogP contribution in [0.3, 0.4) is 0 Å². The van der Waals surface area contributed by atoms with Crippen LogP contribution in [0.25, 0.3) is 111 Å². The molecule has 0 radical (unpaired) electrons. The average molecular weight is 1610 g/mol. The fourth-order valence-electron chi connectivity index (χ4n) is 17.2. The molecule has 4 aromatic carbocycles. The number of rotatable bonds is 17. The lowest BCUT2D eigenvalue weighted by Crippen LogP contribution is -2.56. The molecule has 6 aliphatic rings. The van der Waals surface area contributed by atoms with Gasteiger partial charge in [-0.05, 0) is 185 Å². The summed E-state index contributed by atoms with van der Waals surface area (Å²) < 4.78 is 7.84. The minimum absolute atomic E-state index is 0.0198. The zero-order valence-electron chi connectivity index (χ0n) is 68.1. The Hall–Kier alpha value is -13.0. The molecule has 120 heavy (non-hydrogen) atoms. The van der Waals surface area contributed by atoms with Crippen LogP contribution in [0.1, 0.15) is 113 Å². The number of piperazine rings is 1. The number of nitrogens with zero attached hydrogens (tertiary/aromatic N) is 21. The van der Waals surface area contributed by atoms with E-state index >= 15 is 0 Å². The van der Waals surface area contributed by atoms with E-state index in [2.05, 4.69) is 109 Å². The van der Waals surface area contributed by atoms with Gasteiger partial charge in [0, 0.05) is 118 Å². The highest BCUT2D eigenvalue weighted by atomic mass is 16.2. The number of carbonyl (C=O) groups excluding carboxylic acids is 4. The number of benzene rings is 4. The summed E-state index contributed by atoms with van der Waals surface area (Å²) in [5, 5.41) is 61.3. The summed E-state index contributed by atoms with van der Waals surface area (Å²) >= 11 is 0. The van der Waals surface area contributed by atoms with Crippen molar-refractivity contribution >= 4 is 157 Å². The van der Waals surface area contributed by atoms with Crippen molar-refractivity contribution in [2.45, 2.75) is 102 Å². The third kappa shape index (κ3) is 14.9. The van der Waals surface area contributed by atoms with Crippen LogP contribution >= 0.6 is 0 Å². The minimum Gasteiger partial charge on any atom is -0.387 e. The Morgan fingerprint density at radius 2 is 0.783 bits per heavy atom. The maximum Gasteiger partial charge on any atom is 0.259 e. The molecule has 3 saturated heterocycles. The maximum atomic E-state index is 14.0. The Labute approximate surface area is 689 Å². The first-order valence-electron chi connectivity index (χ1n) is 41.8. The van der Waals surface area contributed by atoms with E-state index < -0.39 is 0 Å². The molecule has 12 aromatic heterocycles. The number of pyridine rings is 4. The number of para-hydroxylation sites is 8. The number of nitrogens with one attached hydrogen (secondary N) is 7. The van der Waals surface area contributed by atoms with E-state index in [4.69, 9.17) is 19.9 Å². The Bertz CT molecular complexity index is 6650. The number of likely N-dealkylation sites (N-methyl/N-ethyl adjacent to an activating group) is 2. The van der Waals surface area contributed by atoms with Crippen LogP contribution in [0.5, 0.6) is 0 Å². The lowest BCUT2D eigenvalue weighted by Gasteiger charge is -2.36. The standard InChI is InChI=1S/2C23H25N7O.2C21H23N7O/c1-28-11-4-12-29(14-13-28)23(31)19-20(25-15-7-8-15)16-9-10-24-27-21(16)30-18-6-3-2-5-17(18)26-22(19)30;31-23(24-11-14-29-12-3-4-13-29)19-20(26-15-7-8-15)16-9-10-25-28-21(16)30-18-6-2-1-5-17(18)27-22(19)30;1-12-10-27(11-13(2)24-12)21(29)17-18(22-3)14-8-9-23-26-19(14)28-16-7-5-4-6-15(16)25-20(17)28;1-27(2)12-11-22-21(29)17-18(24-13-7-8-13)14-9-10-23-26-19(14)28-16-6-4-3-5-15(16)25-20(17)28/h2-3,5-6,9-10,15,25H,4,7-8,11-14H2,1H3;1-2,5-6,9-10,15,26H,3-4,7-8,11-14H2,(H,24,31);4-9,12-13,22,24H,10-11H2,1-3H3;3-6,9-10,13,24H,7-8,11-12H2,1-2H3,(H,22,29)/t;;12-,13+;. The number of hydrogen-bond donors (Lipinski definition) is 7. The van der Waals surface area contributed by atoms with E-state index in [1.807, 2.05) is 175 Å². The monoisotopic (exact) mass is 1610 g/mol. The first kappa shape index (κ1) is 76.9. The summed E-state index contributed by atoms with van der Waals surface area (Å²) in [6, 6.07) is 40.9. The smallest absolute Gasteiger partial charge is 0.259 e. The second-order valence-corrected chi connectivity index (χ2v) is 32.6. The van der Waals surface area contributed by atoms with Crippen molar-refractivity contribution in [3.63, 3.8) is 0 Å². The molecule has 22 rings (SSSR count). The molecule has 2 atom stereocenters. The molecule has 612 valence electrons. The van der Waals surface area contributed by atoms with Crippen LogP contribution in [0, 0.1) is 0 Å². The van der Waals surface area contributed by atoms with Crippen molar-refractivity contribution in [2.24, 2.45) is 0 Å². The molecule has 3 aliphatic heterocycles. The number of amides is 4. The summed E-state index contributed by atoms with van der Waals surface area (Å²) in [6.07, 6.45) is 16.8. The number of aromatic nitrogens is 16. The molecule has 0 unspecified atom stereocenters. The first-order valence-corrected chi connectivity index (χ1v) is 41.8. The second kappa shape index (κ2) is 32.7. The molecular weight excluding hydrogens is 1510 g/mol. The van der Waals surface area contributed by atoms with Crippen molar-refractivity contribution in [3.05, 3.63) is 168 Å². The lowest BCUT2D eigenvalue weighted by atomic mass is 10.1. The Morgan fingerprint density at radius 1 is 0.417 bits per heavy atom. The van der Waals surface area contributed by atoms with Gasteiger partial charge in [0.1, 0.15) is 22.3 Å². The zero-order valence-corrected chi connectivity index (χ0v) is 68.1. The second-order valence-electron chi connectivity index (χ2n) is 32.6. The SMILES string of the molecule is CN(C)CCNC(=O)c1c(NC2CC2)c2ccnnc2n2c1nc1ccccc12.CN1CCCN(C(=O)c2c(NC3CC3)c3ccnnc3n3c2nc2ccccc23)CC1.CNc1c(C(=O)N2C[C@@H](C)N[C@@H](C)C2)c2nc3ccccc3n2c2nnccc12.O=C(NCCN1CCCC1)c1c(NC2CC2)c2ccnnc2n2c1nc1ccccc12. The van der Waals surface area contributed by atoms with Crippen LogP contribution in [0.15, 0.2) is 146 Å². The number of fused-ring (bicyclic) bond motifs is 20. The largest absolute Gasteiger partial charge is 0.387 e. The summed E-state index contributed by atoms with van der Waals surface area (Å²) in [5.41, 5.74) is 17.9. The molecule has 7 N–H and O–H groups in total. The summed E-state index contributed by atoms with van der Waals surface area (Å²) in [7, 11) is 7.91. The van der Waals surface area contributed by atoms with Crippen molar-refractivity contribution in [2.75, 3.05) is 128 Å². The molecule has 16 aromatic rings. The highest BCUT2D eigenvalue weighted by Gasteiger charge is 2.36. The fraction of sp³-hybridized carbons (Fsp3) is 0.364. The minimum atomic E-state index is -0.131. The van der Waals surface area contributed by atoms with Gasteiger partial charge in [-0.15, -0.1) is 20.4 Å². The number of hydrogen-bond acceptors (Lipinski definition) is 24. The van der Waals surface area contributed by atoms with E-state index in [1.54, 1.807) is 24.8 Å². The molecule has 32 nitrogen and oxygen atoms in total. The van der Waals surface area contributed by atoms with Crippen LogP contribution < -0.4 is 37.2 Å². The highest BCUT2D eigenvalue weighted by molar-refractivity contribution is 6.17. The molecule has 0 spiro atoms. The molecule has 32 heteroatoms. The van der Waals surface area contributed by atoms with Gasteiger partial charge in [-0.1, -0.05) is 48.5 Å². The van der Waals surface area contributed by atoms with Gasteiger partial charge in [0.05, 0.1) is 91.7 Å². The van der Waals surface area contributed by atoms with E-state index in [1.165, 1.54) is 12.8 Å². The summed E-state index contributed by atoms with van der Waals surface area (Å²) in [5.74, 6) is -0.207. The van der Waals surface area contributed by atoms with Gasteiger partial charge in [-0.25, -0.2) is 19.9 Å². The summed E-state index contributed by atoms with van der Waals surface area (Å²) in [4.78, 5) is 84.6. The van der Waals surface area contributed by atoms with E-state index in [9.17, 15) is 19.2 Å². The van der Waals surface area contributed by atoms with E-state index in [0.717, 1.165) is 191 Å². The fourth-order valence-corrected chi connectivity index (χ4v) is 17.2. The number of anilines is 4. The van der Waals surface area contributed by atoms with Gasteiger partial charge in [0.15, 0.2) is 45.2 Å². The van der Waals surface area contributed by atoms with E-state index in [-0.39, 0.29) is 35.7 Å². The third-order valence-corrected chi connectivity index (χ3v) is 23.4. The Kier molecular flexibility index (Phi) is 21.0. The van der Waals surface area contributed by atoms with Crippen molar-refractivity contribution in [1.82, 2.24) is 119 Å². The average Bonchev–Trinajstić information content (AvgIpc) is 1.54. The Morgan fingerprint density at radius 3 is 1.18 bits per heavy atom. The maximum absolute atomic E-state index is 14.0. The number of carbonyl (C=O) groups is 4. The van der Waals surface area contributed by atoms with E-state index in [0.29, 0.717) is 106 Å². The van der Waals surface area contributed by atoms with Gasteiger partial charge in [0.25, 0.3) is 23.6 Å². The number of imidazole rings is 4. The quantitative estimate of drug-likeness (QED) is 0.0445. The van der Waals surface area contributed by atoms with Crippen molar-refractivity contribution in [1.29, 1.82) is 0 Å². The molecular formula is C88H96N28O4. The molecule has 3 aliphatic carbocycles. The van der Waals surface area contributed by atoms with Crippen LogP contribution in [-0.2, 0) is 0 Å². The Balaban J connectivity index is 0.000000106. The molecule has 6 fully saturated rings. The van der Waals surface area contributed by atoms with Crippen molar-refractivity contribution in [3.8, 4) is 0 Å². The van der Waals surface area contributed by atoms with Gasteiger partial charge < -0.3 is 61.7 Å². The zero-order chi connectivity index (χ0) is 81.8. The van der Waals surface area contributed by atoms with Crippen molar-refractivity contribution < 1.29 is 19.2 Å². The molecule has 15 heterocycles. The lowest BCUT2D eigenvalue weighted by molar-refractivity contribution is 0.0675. The molecule has 0 bridgehead atoms. The highest BCUT2D eigenvalue weighted by Crippen LogP contribution is 2.41. The third-order valence-electron chi connectivity index (χ3n) is 23.4. The topological polar surface area (TPSA) is 341 Å². The molecule has 4 amide bonds. The van der Waals surface area contributed by atoms with Crippen LogP contribution in [0.4, 0.5) is 22.7 Å².